The quantitative estimate of drug-likeness (QED) is 0.727. The molecule has 0 bridgehead atoms. The van der Waals surface area contributed by atoms with Crippen molar-refractivity contribution < 1.29 is 9.53 Å². The summed E-state index contributed by atoms with van der Waals surface area (Å²) in [5, 5.41) is 6.89. The van der Waals surface area contributed by atoms with E-state index in [0.29, 0.717) is 12.1 Å². The minimum absolute atomic E-state index is 0.225. The van der Waals surface area contributed by atoms with Crippen LogP contribution in [0.4, 0.5) is 5.95 Å². The number of carbonyl (C=O) groups is 1. The lowest BCUT2D eigenvalue weighted by molar-refractivity contribution is 0.102. The first kappa shape index (κ1) is 16.1. The van der Waals surface area contributed by atoms with Crippen LogP contribution in [0.3, 0.4) is 0 Å². The standard InChI is InChI=1S/C16H14BrN5O2/c1-24-15-13(3-2-8-18-15)14(23)20-16-19-10-22(21-16)9-11-4-6-12(17)7-5-11/h2-8,10H,9H2,1H3,(H,20,21,23). The van der Waals surface area contributed by atoms with Crippen LogP contribution in [0.15, 0.2) is 53.4 Å². The number of pyridine rings is 1. The molecule has 3 aromatic rings. The third kappa shape index (κ3) is 3.77. The summed E-state index contributed by atoms with van der Waals surface area (Å²) >= 11 is 3.40. The molecule has 1 aromatic carbocycles. The van der Waals surface area contributed by atoms with Crippen molar-refractivity contribution in [3.8, 4) is 5.88 Å². The molecular weight excluding hydrogens is 374 g/mol. The third-order valence-corrected chi connectivity index (χ3v) is 3.76. The van der Waals surface area contributed by atoms with Crippen molar-refractivity contribution in [3.63, 3.8) is 0 Å². The van der Waals surface area contributed by atoms with Crippen LogP contribution in [-0.2, 0) is 6.54 Å². The molecule has 24 heavy (non-hydrogen) atoms. The molecule has 0 aliphatic rings. The molecule has 122 valence electrons. The first-order chi connectivity index (χ1) is 11.7. The Morgan fingerprint density at radius 2 is 2.04 bits per heavy atom. The van der Waals surface area contributed by atoms with Gasteiger partial charge in [-0.2, -0.15) is 0 Å². The highest BCUT2D eigenvalue weighted by molar-refractivity contribution is 9.10. The van der Waals surface area contributed by atoms with Crippen LogP contribution >= 0.6 is 15.9 Å². The number of hydrogen-bond acceptors (Lipinski definition) is 5. The fraction of sp³-hybridized carbons (Fsp3) is 0.125. The smallest absolute Gasteiger partial charge is 0.263 e. The lowest BCUT2D eigenvalue weighted by Gasteiger charge is -2.05. The predicted molar refractivity (Wildman–Crippen MR) is 92.0 cm³/mol. The third-order valence-electron chi connectivity index (χ3n) is 3.23. The van der Waals surface area contributed by atoms with Crippen molar-refractivity contribution in [1.82, 2.24) is 19.7 Å². The van der Waals surface area contributed by atoms with Crippen LogP contribution in [0.5, 0.6) is 5.88 Å². The van der Waals surface area contributed by atoms with Crippen LogP contribution in [0.2, 0.25) is 0 Å². The Bertz CT molecular complexity index is 848. The largest absolute Gasteiger partial charge is 0.480 e. The molecule has 0 saturated heterocycles. The van der Waals surface area contributed by atoms with Gasteiger partial charge in [0.05, 0.1) is 13.7 Å². The molecule has 3 rings (SSSR count). The number of nitrogens with zero attached hydrogens (tertiary/aromatic N) is 4. The number of hydrogen-bond donors (Lipinski definition) is 1. The van der Waals surface area contributed by atoms with Crippen molar-refractivity contribution >= 4 is 27.8 Å². The summed E-state index contributed by atoms with van der Waals surface area (Å²) in [5.74, 6) is 0.105. The van der Waals surface area contributed by atoms with Crippen molar-refractivity contribution in [2.24, 2.45) is 0 Å². The van der Waals surface area contributed by atoms with Gasteiger partial charge in [-0.1, -0.05) is 28.1 Å². The molecule has 8 heteroatoms. The van der Waals surface area contributed by atoms with Gasteiger partial charge in [-0.3, -0.25) is 10.1 Å². The van der Waals surface area contributed by atoms with Crippen LogP contribution in [0.1, 0.15) is 15.9 Å². The van der Waals surface area contributed by atoms with E-state index in [1.165, 1.54) is 7.11 Å². The molecule has 0 fully saturated rings. The number of halogens is 1. The molecule has 2 heterocycles. The minimum atomic E-state index is -0.374. The lowest BCUT2D eigenvalue weighted by Crippen LogP contribution is -2.15. The van der Waals surface area contributed by atoms with E-state index in [9.17, 15) is 4.79 Å². The van der Waals surface area contributed by atoms with Gasteiger partial charge in [0.1, 0.15) is 11.9 Å². The molecule has 0 saturated carbocycles. The number of nitrogens with one attached hydrogen (secondary N) is 1. The summed E-state index contributed by atoms with van der Waals surface area (Å²) in [4.78, 5) is 20.4. The van der Waals surface area contributed by atoms with Crippen LogP contribution in [-0.4, -0.2) is 32.8 Å². The fourth-order valence-corrected chi connectivity index (χ4v) is 2.36. The molecule has 2 aromatic heterocycles. The number of anilines is 1. The SMILES string of the molecule is COc1ncccc1C(=O)Nc1ncn(Cc2ccc(Br)cc2)n1. The second-order valence-corrected chi connectivity index (χ2v) is 5.82. The van der Waals surface area contributed by atoms with Gasteiger partial charge in [-0.15, -0.1) is 5.10 Å². The Hall–Kier alpha value is -2.74. The zero-order valence-corrected chi connectivity index (χ0v) is 14.4. The Morgan fingerprint density at radius 1 is 1.25 bits per heavy atom. The van der Waals surface area contributed by atoms with Crippen molar-refractivity contribution in [1.29, 1.82) is 0 Å². The summed E-state index contributed by atoms with van der Waals surface area (Å²) in [6.45, 7) is 0.562. The maximum absolute atomic E-state index is 12.3. The molecule has 0 unspecified atom stereocenters. The predicted octanol–water partition coefficient (Wildman–Crippen LogP) is 2.74. The van der Waals surface area contributed by atoms with Gasteiger partial charge < -0.3 is 4.74 Å². The van der Waals surface area contributed by atoms with E-state index >= 15 is 0 Å². The summed E-state index contributed by atoms with van der Waals surface area (Å²) < 4.78 is 7.75. The molecule has 1 N–H and O–H groups in total. The summed E-state index contributed by atoms with van der Waals surface area (Å²) in [6, 6.07) is 11.2. The molecule has 1 amide bonds. The minimum Gasteiger partial charge on any atom is -0.480 e. The fourth-order valence-electron chi connectivity index (χ4n) is 2.10. The van der Waals surface area contributed by atoms with E-state index in [1.54, 1.807) is 29.3 Å². The highest BCUT2D eigenvalue weighted by Gasteiger charge is 2.14. The van der Waals surface area contributed by atoms with Gasteiger partial charge in [0.2, 0.25) is 11.8 Å². The summed E-state index contributed by atoms with van der Waals surface area (Å²) in [7, 11) is 1.46. The topological polar surface area (TPSA) is 81.9 Å². The molecule has 0 atom stereocenters. The maximum atomic E-state index is 12.3. The first-order valence-electron chi connectivity index (χ1n) is 7.10. The van der Waals surface area contributed by atoms with Crippen LogP contribution in [0.25, 0.3) is 0 Å². The number of rotatable bonds is 5. The number of benzene rings is 1. The molecule has 0 aliphatic heterocycles. The van der Waals surface area contributed by atoms with Gasteiger partial charge in [0.15, 0.2) is 0 Å². The Kier molecular flexibility index (Phi) is 4.85. The molecule has 7 nitrogen and oxygen atoms in total. The van der Waals surface area contributed by atoms with Crippen LogP contribution in [0, 0.1) is 0 Å². The normalized spacial score (nSPS) is 10.4. The number of methoxy groups -OCH3 is 1. The second kappa shape index (κ2) is 7.22. The molecular formula is C16H14BrN5O2. The number of ether oxygens (including phenoxy) is 1. The van der Waals surface area contributed by atoms with E-state index in [4.69, 9.17) is 4.74 Å². The Morgan fingerprint density at radius 3 is 2.79 bits per heavy atom. The second-order valence-electron chi connectivity index (χ2n) is 4.91. The van der Waals surface area contributed by atoms with E-state index < -0.39 is 0 Å². The Balaban J connectivity index is 1.69. The van der Waals surface area contributed by atoms with E-state index in [-0.39, 0.29) is 17.7 Å². The highest BCUT2D eigenvalue weighted by Crippen LogP contribution is 2.15. The maximum Gasteiger partial charge on any atom is 0.263 e. The zero-order chi connectivity index (χ0) is 16.9. The number of aromatic nitrogens is 4. The molecule has 0 spiro atoms. The Labute approximate surface area is 146 Å². The zero-order valence-electron chi connectivity index (χ0n) is 12.8. The van der Waals surface area contributed by atoms with Crippen molar-refractivity contribution in [2.45, 2.75) is 6.54 Å². The van der Waals surface area contributed by atoms with E-state index in [2.05, 4.69) is 36.3 Å². The van der Waals surface area contributed by atoms with Gasteiger partial charge in [-0.25, -0.2) is 14.6 Å². The lowest BCUT2D eigenvalue weighted by atomic mass is 10.2. The first-order valence-corrected chi connectivity index (χ1v) is 7.89. The van der Waals surface area contributed by atoms with Gasteiger partial charge in [-0.05, 0) is 29.8 Å². The van der Waals surface area contributed by atoms with Crippen molar-refractivity contribution in [3.05, 3.63) is 64.5 Å². The van der Waals surface area contributed by atoms with Gasteiger partial charge in [0.25, 0.3) is 5.91 Å². The number of carbonyl (C=O) groups excluding carboxylic acids is 1. The molecule has 0 radical (unpaired) electrons. The monoisotopic (exact) mass is 387 g/mol. The van der Waals surface area contributed by atoms with Crippen LogP contribution < -0.4 is 10.1 Å². The summed E-state index contributed by atoms with van der Waals surface area (Å²) in [6.07, 6.45) is 3.12. The van der Waals surface area contributed by atoms with Crippen molar-refractivity contribution in [2.75, 3.05) is 12.4 Å². The van der Waals surface area contributed by atoms with E-state index in [1.807, 2.05) is 24.3 Å². The van der Waals surface area contributed by atoms with Gasteiger partial charge >= 0.3 is 0 Å². The average molecular weight is 388 g/mol. The summed E-state index contributed by atoms with van der Waals surface area (Å²) in [5.41, 5.74) is 1.40. The highest BCUT2D eigenvalue weighted by atomic mass is 79.9. The molecule has 0 aliphatic carbocycles. The van der Waals surface area contributed by atoms with E-state index in [0.717, 1.165) is 10.0 Å². The number of amides is 1. The average Bonchev–Trinajstić information content (AvgIpc) is 3.03. The van der Waals surface area contributed by atoms with Gasteiger partial charge in [0, 0.05) is 10.7 Å².